The first-order valence-corrected chi connectivity index (χ1v) is 6.02. The Bertz CT molecular complexity index is 444. The molecular weight excluding hydrogens is 238 g/mol. The smallest absolute Gasteiger partial charge is 0.273 e. The Kier molecular flexibility index (Phi) is 3.42. The lowest BCUT2D eigenvalue weighted by molar-refractivity contribution is 0.0924. The van der Waals surface area contributed by atoms with Crippen LogP contribution in [0.5, 0.6) is 0 Å². The van der Waals surface area contributed by atoms with Crippen LogP contribution >= 0.6 is 12.2 Å². The third-order valence-electron chi connectivity index (χ3n) is 3.06. The van der Waals surface area contributed by atoms with E-state index in [0.717, 1.165) is 19.3 Å². The van der Waals surface area contributed by atoms with Crippen LogP contribution in [0, 0.1) is 12.8 Å². The van der Waals surface area contributed by atoms with Gasteiger partial charge in [0.15, 0.2) is 5.69 Å². The van der Waals surface area contributed by atoms with Crippen molar-refractivity contribution in [2.75, 3.05) is 0 Å². The summed E-state index contributed by atoms with van der Waals surface area (Å²) in [5.41, 5.74) is 5.95. The second-order valence-electron chi connectivity index (χ2n) is 4.34. The lowest BCUT2D eigenvalue weighted by Gasteiger charge is -2.19. The SMILES string of the molecule is Cc1cc(C(=O)NC2CCCC2C(N)=S)no1. The molecule has 3 N–H and O–H groups in total. The standard InChI is InChI=1S/C11H15N3O2S/c1-6-5-9(14-16-6)11(15)13-8-4-2-3-7(8)10(12)17/h5,7-8H,2-4H2,1H3,(H2,12,17)(H,13,15). The summed E-state index contributed by atoms with van der Waals surface area (Å²) in [6, 6.07) is 1.64. The van der Waals surface area contributed by atoms with Gasteiger partial charge >= 0.3 is 0 Å². The molecule has 2 rings (SSSR count). The maximum Gasteiger partial charge on any atom is 0.273 e. The Morgan fingerprint density at radius 3 is 3.00 bits per heavy atom. The highest BCUT2D eigenvalue weighted by atomic mass is 32.1. The molecule has 92 valence electrons. The summed E-state index contributed by atoms with van der Waals surface area (Å²) in [6.07, 6.45) is 2.88. The van der Waals surface area contributed by atoms with Gasteiger partial charge in [0, 0.05) is 18.0 Å². The zero-order chi connectivity index (χ0) is 12.4. The molecule has 1 aromatic rings. The Morgan fingerprint density at radius 2 is 2.41 bits per heavy atom. The van der Waals surface area contributed by atoms with E-state index in [-0.39, 0.29) is 17.9 Å². The van der Waals surface area contributed by atoms with Crippen LogP contribution in [0.25, 0.3) is 0 Å². The second-order valence-corrected chi connectivity index (χ2v) is 4.81. The number of hydrogen-bond acceptors (Lipinski definition) is 4. The number of nitrogens with zero attached hydrogens (tertiary/aromatic N) is 1. The largest absolute Gasteiger partial charge is 0.393 e. The van der Waals surface area contributed by atoms with Gasteiger partial charge in [-0.05, 0) is 19.8 Å². The molecule has 17 heavy (non-hydrogen) atoms. The van der Waals surface area contributed by atoms with Crippen molar-refractivity contribution in [3.8, 4) is 0 Å². The number of aryl methyl sites for hydroxylation is 1. The van der Waals surface area contributed by atoms with Gasteiger partial charge in [-0.2, -0.15) is 0 Å². The molecule has 1 fully saturated rings. The van der Waals surface area contributed by atoms with E-state index in [4.69, 9.17) is 22.5 Å². The highest BCUT2D eigenvalue weighted by Crippen LogP contribution is 2.26. The van der Waals surface area contributed by atoms with E-state index in [1.165, 1.54) is 0 Å². The van der Waals surface area contributed by atoms with Crippen molar-refractivity contribution in [3.63, 3.8) is 0 Å². The molecule has 1 aliphatic rings. The number of hydrogen-bond donors (Lipinski definition) is 2. The van der Waals surface area contributed by atoms with Crippen LogP contribution in [0.1, 0.15) is 35.5 Å². The van der Waals surface area contributed by atoms with E-state index in [1.54, 1.807) is 13.0 Å². The average molecular weight is 253 g/mol. The third kappa shape index (κ3) is 2.63. The molecule has 2 atom stereocenters. The number of carbonyl (C=O) groups is 1. The quantitative estimate of drug-likeness (QED) is 0.790. The zero-order valence-electron chi connectivity index (χ0n) is 9.60. The molecule has 0 radical (unpaired) electrons. The predicted octanol–water partition coefficient (Wildman–Crippen LogP) is 1.17. The topological polar surface area (TPSA) is 81.2 Å². The first-order valence-electron chi connectivity index (χ1n) is 5.61. The number of amides is 1. The summed E-state index contributed by atoms with van der Waals surface area (Å²) < 4.78 is 4.86. The minimum atomic E-state index is -0.227. The minimum Gasteiger partial charge on any atom is -0.393 e. The average Bonchev–Trinajstić information content (AvgIpc) is 2.86. The molecule has 0 aromatic carbocycles. The molecule has 5 nitrogen and oxygen atoms in total. The number of rotatable bonds is 3. The molecule has 6 heteroatoms. The van der Waals surface area contributed by atoms with E-state index >= 15 is 0 Å². The molecular formula is C11H15N3O2S. The van der Waals surface area contributed by atoms with Crippen molar-refractivity contribution in [1.82, 2.24) is 10.5 Å². The van der Waals surface area contributed by atoms with Crippen LogP contribution in [0.15, 0.2) is 10.6 Å². The molecule has 0 spiro atoms. The maximum atomic E-state index is 11.9. The van der Waals surface area contributed by atoms with Crippen molar-refractivity contribution in [2.24, 2.45) is 11.7 Å². The summed E-state index contributed by atoms with van der Waals surface area (Å²) >= 11 is 5.00. The molecule has 1 amide bonds. The summed E-state index contributed by atoms with van der Waals surface area (Å²) in [5.74, 6) is 0.490. The summed E-state index contributed by atoms with van der Waals surface area (Å²) in [6.45, 7) is 1.75. The van der Waals surface area contributed by atoms with Gasteiger partial charge in [0.05, 0.1) is 4.99 Å². The van der Waals surface area contributed by atoms with Crippen molar-refractivity contribution in [2.45, 2.75) is 32.2 Å². The molecule has 0 saturated heterocycles. The molecule has 1 aromatic heterocycles. The summed E-state index contributed by atoms with van der Waals surface area (Å²) in [5, 5.41) is 6.59. The number of nitrogens with two attached hydrogens (primary N) is 1. The van der Waals surface area contributed by atoms with Crippen LogP contribution < -0.4 is 11.1 Å². The monoisotopic (exact) mass is 253 g/mol. The van der Waals surface area contributed by atoms with Gasteiger partial charge in [0.1, 0.15) is 5.76 Å². The van der Waals surface area contributed by atoms with Crippen LogP contribution in [0.2, 0.25) is 0 Å². The van der Waals surface area contributed by atoms with Crippen molar-refractivity contribution in [3.05, 3.63) is 17.5 Å². The summed E-state index contributed by atoms with van der Waals surface area (Å²) in [7, 11) is 0. The van der Waals surface area contributed by atoms with E-state index in [9.17, 15) is 4.79 Å². The Morgan fingerprint density at radius 1 is 1.65 bits per heavy atom. The maximum absolute atomic E-state index is 11.9. The van der Waals surface area contributed by atoms with Crippen molar-refractivity contribution >= 4 is 23.1 Å². The fraction of sp³-hybridized carbons (Fsp3) is 0.545. The fourth-order valence-corrected chi connectivity index (χ4v) is 2.47. The van der Waals surface area contributed by atoms with E-state index in [2.05, 4.69) is 10.5 Å². The zero-order valence-corrected chi connectivity index (χ0v) is 10.4. The summed E-state index contributed by atoms with van der Waals surface area (Å²) in [4.78, 5) is 12.3. The van der Waals surface area contributed by atoms with Crippen LogP contribution in [0.3, 0.4) is 0 Å². The lowest BCUT2D eigenvalue weighted by Crippen LogP contribution is -2.41. The van der Waals surface area contributed by atoms with Gasteiger partial charge in [0.25, 0.3) is 5.91 Å². The van der Waals surface area contributed by atoms with Crippen molar-refractivity contribution < 1.29 is 9.32 Å². The highest BCUT2D eigenvalue weighted by molar-refractivity contribution is 7.80. The van der Waals surface area contributed by atoms with E-state index < -0.39 is 0 Å². The number of carbonyl (C=O) groups excluding carboxylic acids is 1. The highest BCUT2D eigenvalue weighted by Gasteiger charge is 2.31. The van der Waals surface area contributed by atoms with Crippen molar-refractivity contribution in [1.29, 1.82) is 0 Å². The molecule has 1 heterocycles. The van der Waals surface area contributed by atoms with Gasteiger partial charge in [0.2, 0.25) is 0 Å². The minimum absolute atomic E-state index is 0.0250. The first-order chi connectivity index (χ1) is 8.08. The Labute approximate surface area is 105 Å². The van der Waals surface area contributed by atoms with Gasteiger partial charge in [-0.15, -0.1) is 0 Å². The normalized spacial score (nSPS) is 23.6. The Balaban J connectivity index is 2.01. The van der Waals surface area contributed by atoms with Gasteiger partial charge in [-0.25, -0.2) is 0 Å². The van der Waals surface area contributed by atoms with Gasteiger partial charge in [-0.3, -0.25) is 4.79 Å². The first kappa shape index (κ1) is 12.0. The van der Waals surface area contributed by atoms with E-state index in [1.807, 2.05) is 0 Å². The number of thiocarbonyl (C=S) groups is 1. The lowest BCUT2D eigenvalue weighted by atomic mass is 10.0. The number of aromatic nitrogens is 1. The molecule has 0 bridgehead atoms. The molecule has 2 unspecified atom stereocenters. The second kappa shape index (κ2) is 4.83. The molecule has 1 saturated carbocycles. The van der Waals surface area contributed by atoms with Gasteiger partial charge < -0.3 is 15.6 Å². The van der Waals surface area contributed by atoms with Crippen LogP contribution in [-0.4, -0.2) is 22.1 Å². The van der Waals surface area contributed by atoms with Gasteiger partial charge in [-0.1, -0.05) is 23.8 Å². The third-order valence-corrected chi connectivity index (χ3v) is 3.36. The number of nitrogens with one attached hydrogen (secondary N) is 1. The van der Waals surface area contributed by atoms with E-state index in [0.29, 0.717) is 16.4 Å². The molecule has 1 aliphatic carbocycles. The molecule has 0 aliphatic heterocycles. The van der Waals surface area contributed by atoms with Crippen LogP contribution in [0.4, 0.5) is 0 Å². The van der Waals surface area contributed by atoms with Crippen LogP contribution in [-0.2, 0) is 0 Å². The Hall–Kier alpha value is -1.43. The predicted molar refractivity (Wildman–Crippen MR) is 66.6 cm³/mol. The fourth-order valence-electron chi connectivity index (χ4n) is 2.19.